The predicted molar refractivity (Wildman–Crippen MR) is 66.8 cm³/mol. The number of hydrogen-bond acceptors (Lipinski definition) is 3. The average Bonchev–Trinajstić information content (AvgIpc) is 2.39. The van der Waals surface area contributed by atoms with Gasteiger partial charge < -0.3 is 5.11 Å². The van der Waals surface area contributed by atoms with Gasteiger partial charge in [-0.3, -0.25) is 4.79 Å². The molecule has 0 unspecified atom stereocenters. The van der Waals surface area contributed by atoms with Crippen molar-refractivity contribution in [1.82, 2.24) is 5.43 Å². The summed E-state index contributed by atoms with van der Waals surface area (Å²) in [5.41, 5.74) is 3.14. The number of aliphatic hydroxyl groups is 1. The van der Waals surface area contributed by atoms with E-state index in [9.17, 15) is 4.79 Å². The summed E-state index contributed by atoms with van der Waals surface area (Å²) in [5.74, 6) is -0.526. The first kappa shape index (κ1) is 11.3. The molecular weight excluding hydrogens is 216 g/mol. The Balaban J connectivity index is 2.27. The highest BCUT2D eigenvalue weighted by atomic mass is 16.3. The number of nitrogens with zero attached hydrogens (tertiary/aromatic N) is 1. The summed E-state index contributed by atoms with van der Waals surface area (Å²) >= 11 is 0. The monoisotopic (exact) mass is 228 g/mol. The summed E-state index contributed by atoms with van der Waals surface area (Å²) < 4.78 is 0. The van der Waals surface area contributed by atoms with Gasteiger partial charge in [0.15, 0.2) is 0 Å². The molecule has 0 atom stereocenters. The highest BCUT2D eigenvalue weighted by molar-refractivity contribution is 5.99. The number of fused-ring (bicyclic) bond motifs is 1. The van der Waals surface area contributed by atoms with Crippen molar-refractivity contribution in [3.05, 3.63) is 48.0 Å². The van der Waals surface area contributed by atoms with Crippen LogP contribution in [0.15, 0.2) is 47.6 Å². The van der Waals surface area contributed by atoms with Crippen LogP contribution < -0.4 is 5.43 Å². The van der Waals surface area contributed by atoms with E-state index in [1.54, 1.807) is 6.21 Å². The largest absolute Gasteiger partial charge is 0.386 e. The zero-order valence-electron chi connectivity index (χ0n) is 9.13. The van der Waals surface area contributed by atoms with Gasteiger partial charge in [-0.05, 0) is 10.8 Å². The molecule has 0 fully saturated rings. The van der Waals surface area contributed by atoms with Crippen molar-refractivity contribution in [1.29, 1.82) is 0 Å². The molecule has 0 aliphatic heterocycles. The molecule has 2 aromatic rings. The molecule has 4 nitrogen and oxygen atoms in total. The first-order valence-electron chi connectivity index (χ1n) is 5.22. The molecule has 0 aliphatic rings. The van der Waals surface area contributed by atoms with Crippen LogP contribution in [0.5, 0.6) is 0 Å². The van der Waals surface area contributed by atoms with Gasteiger partial charge in [0.1, 0.15) is 6.61 Å². The van der Waals surface area contributed by atoms with Crippen molar-refractivity contribution in [3.63, 3.8) is 0 Å². The van der Waals surface area contributed by atoms with Gasteiger partial charge in [0.2, 0.25) is 0 Å². The predicted octanol–water partition coefficient (Wildman–Crippen LogP) is 1.28. The van der Waals surface area contributed by atoms with Crippen molar-refractivity contribution in [2.24, 2.45) is 5.10 Å². The van der Waals surface area contributed by atoms with Crippen LogP contribution in [0.1, 0.15) is 5.56 Å². The summed E-state index contributed by atoms with van der Waals surface area (Å²) in [6, 6.07) is 13.8. The summed E-state index contributed by atoms with van der Waals surface area (Å²) in [5, 5.41) is 14.5. The van der Waals surface area contributed by atoms with Crippen LogP contribution >= 0.6 is 0 Å². The van der Waals surface area contributed by atoms with E-state index in [0.717, 1.165) is 16.3 Å². The second-order valence-corrected chi connectivity index (χ2v) is 3.52. The summed E-state index contributed by atoms with van der Waals surface area (Å²) in [6.45, 7) is -0.563. The topological polar surface area (TPSA) is 61.7 Å². The van der Waals surface area contributed by atoms with Crippen LogP contribution in [0.4, 0.5) is 0 Å². The van der Waals surface area contributed by atoms with Crippen LogP contribution in [0.2, 0.25) is 0 Å². The van der Waals surface area contributed by atoms with Crippen LogP contribution in [-0.4, -0.2) is 23.8 Å². The minimum Gasteiger partial charge on any atom is -0.386 e. The van der Waals surface area contributed by atoms with Crippen LogP contribution in [0, 0.1) is 0 Å². The molecule has 0 spiro atoms. The van der Waals surface area contributed by atoms with E-state index in [1.165, 1.54) is 0 Å². The van der Waals surface area contributed by atoms with E-state index in [0.29, 0.717) is 0 Å². The highest BCUT2D eigenvalue weighted by Crippen LogP contribution is 2.16. The molecule has 0 aromatic heterocycles. The lowest BCUT2D eigenvalue weighted by molar-refractivity contribution is -0.123. The maximum absolute atomic E-state index is 10.8. The Morgan fingerprint density at radius 3 is 2.82 bits per heavy atom. The van der Waals surface area contributed by atoms with Crippen molar-refractivity contribution in [2.45, 2.75) is 0 Å². The van der Waals surface area contributed by atoms with Crippen LogP contribution in [0.3, 0.4) is 0 Å². The molecule has 0 aliphatic carbocycles. The fourth-order valence-corrected chi connectivity index (χ4v) is 1.57. The lowest BCUT2D eigenvalue weighted by Gasteiger charge is -2.01. The molecule has 0 saturated carbocycles. The first-order chi connectivity index (χ1) is 8.31. The number of rotatable bonds is 3. The van der Waals surface area contributed by atoms with Crippen molar-refractivity contribution >= 4 is 22.9 Å². The Bertz CT molecular complexity index is 559. The number of carbonyl (C=O) groups excluding carboxylic acids is 1. The maximum atomic E-state index is 10.8. The standard InChI is InChI=1S/C13H12N2O2/c16-9-13(17)15-14-8-11-6-3-5-10-4-1-2-7-12(10)11/h1-8,16H,9H2,(H,15,17)/b14-8-. The van der Waals surface area contributed by atoms with Crippen molar-refractivity contribution in [2.75, 3.05) is 6.61 Å². The number of amides is 1. The fraction of sp³-hybridized carbons (Fsp3) is 0.0769. The number of nitrogens with one attached hydrogen (secondary N) is 1. The third kappa shape index (κ3) is 2.68. The molecule has 0 heterocycles. The Morgan fingerprint density at radius 2 is 2.00 bits per heavy atom. The highest BCUT2D eigenvalue weighted by Gasteiger charge is 1.97. The van der Waals surface area contributed by atoms with Gasteiger partial charge in [-0.25, -0.2) is 5.43 Å². The molecule has 17 heavy (non-hydrogen) atoms. The molecule has 2 N–H and O–H groups in total. The molecule has 1 amide bonds. The van der Waals surface area contributed by atoms with E-state index in [4.69, 9.17) is 5.11 Å². The number of hydrogen-bond donors (Lipinski definition) is 2. The summed E-state index contributed by atoms with van der Waals surface area (Å²) in [6.07, 6.45) is 1.57. The lowest BCUT2D eigenvalue weighted by Crippen LogP contribution is -2.20. The number of carbonyl (C=O) groups is 1. The molecule has 86 valence electrons. The summed E-state index contributed by atoms with van der Waals surface area (Å²) in [4.78, 5) is 10.8. The second kappa shape index (κ2) is 5.23. The minimum absolute atomic E-state index is 0.526. The van der Waals surface area contributed by atoms with E-state index in [1.807, 2.05) is 42.5 Å². The van der Waals surface area contributed by atoms with E-state index in [2.05, 4.69) is 10.5 Å². The number of benzene rings is 2. The SMILES string of the molecule is O=C(CO)N/N=C\c1cccc2ccccc12. The molecule has 4 heteroatoms. The Hall–Kier alpha value is -2.20. The van der Waals surface area contributed by atoms with E-state index < -0.39 is 12.5 Å². The first-order valence-corrected chi connectivity index (χ1v) is 5.22. The number of hydrazone groups is 1. The maximum Gasteiger partial charge on any atom is 0.265 e. The zero-order valence-corrected chi connectivity index (χ0v) is 9.13. The average molecular weight is 228 g/mol. The number of aliphatic hydroxyl groups excluding tert-OH is 1. The molecule has 0 bridgehead atoms. The smallest absolute Gasteiger partial charge is 0.265 e. The van der Waals surface area contributed by atoms with E-state index in [-0.39, 0.29) is 0 Å². The summed E-state index contributed by atoms with van der Waals surface area (Å²) in [7, 11) is 0. The van der Waals surface area contributed by atoms with Gasteiger partial charge in [-0.15, -0.1) is 0 Å². The normalized spacial score (nSPS) is 10.9. The van der Waals surface area contributed by atoms with Crippen molar-refractivity contribution < 1.29 is 9.90 Å². The molecular formula is C13H12N2O2. The lowest BCUT2D eigenvalue weighted by atomic mass is 10.1. The molecule has 2 rings (SSSR count). The van der Waals surface area contributed by atoms with E-state index >= 15 is 0 Å². The molecule has 2 aromatic carbocycles. The minimum atomic E-state index is -0.563. The van der Waals surface area contributed by atoms with Crippen LogP contribution in [0.25, 0.3) is 10.8 Å². The zero-order chi connectivity index (χ0) is 12.1. The van der Waals surface area contributed by atoms with Gasteiger partial charge in [0.05, 0.1) is 6.21 Å². The Morgan fingerprint density at radius 1 is 1.24 bits per heavy atom. The van der Waals surface area contributed by atoms with Crippen LogP contribution in [-0.2, 0) is 4.79 Å². The second-order valence-electron chi connectivity index (χ2n) is 3.52. The third-order valence-corrected chi connectivity index (χ3v) is 2.36. The van der Waals surface area contributed by atoms with Gasteiger partial charge in [-0.2, -0.15) is 5.10 Å². The molecule has 0 saturated heterocycles. The van der Waals surface area contributed by atoms with Crippen molar-refractivity contribution in [3.8, 4) is 0 Å². The van der Waals surface area contributed by atoms with Gasteiger partial charge in [0.25, 0.3) is 5.91 Å². The Labute approximate surface area is 98.6 Å². The molecule has 0 radical (unpaired) electrons. The van der Waals surface area contributed by atoms with Gasteiger partial charge in [0, 0.05) is 5.56 Å². The third-order valence-electron chi connectivity index (χ3n) is 2.36. The Kier molecular flexibility index (Phi) is 3.47. The quantitative estimate of drug-likeness (QED) is 0.614. The fourth-order valence-electron chi connectivity index (χ4n) is 1.57. The van der Waals surface area contributed by atoms with Gasteiger partial charge in [-0.1, -0.05) is 42.5 Å². The van der Waals surface area contributed by atoms with Gasteiger partial charge >= 0.3 is 0 Å².